The predicted molar refractivity (Wildman–Crippen MR) is 98.0 cm³/mol. The van der Waals surface area contributed by atoms with Crippen molar-refractivity contribution in [1.82, 2.24) is 0 Å². The highest BCUT2D eigenvalue weighted by molar-refractivity contribution is 7.92. The SMILES string of the molecule is COc1ccc(N2CCOCC2)cc1NS(=O)(=O)c1ccccc1C. The van der Waals surface area contributed by atoms with Crippen LogP contribution in [-0.4, -0.2) is 41.8 Å². The van der Waals surface area contributed by atoms with E-state index in [0.717, 1.165) is 18.8 Å². The Morgan fingerprint density at radius 2 is 1.84 bits per heavy atom. The molecule has 6 nitrogen and oxygen atoms in total. The summed E-state index contributed by atoms with van der Waals surface area (Å²) in [5, 5.41) is 0. The molecule has 1 saturated heterocycles. The Balaban J connectivity index is 1.94. The van der Waals surface area contributed by atoms with E-state index in [2.05, 4.69) is 9.62 Å². The standard InChI is InChI=1S/C18H22N2O4S/c1-14-5-3-4-6-18(14)25(21,22)19-16-13-15(7-8-17(16)23-2)20-9-11-24-12-10-20/h3-8,13,19H,9-12H2,1-2H3. The minimum atomic E-state index is -3.70. The molecule has 0 saturated carbocycles. The summed E-state index contributed by atoms with van der Waals surface area (Å²) in [4.78, 5) is 2.42. The fourth-order valence-electron chi connectivity index (χ4n) is 2.85. The third kappa shape index (κ3) is 3.88. The number of aryl methyl sites for hydroxylation is 1. The molecule has 0 bridgehead atoms. The van der Waals surface area contributed by atoms with E-state index in [1.54, 1.807) is 37.3 Å². The van der Waals surface area contributed by atoms with Gasteiger partial charge in [0, 0.05) is 18.8 Å². The van der Waals surface area contributed by atoms with Crippen molar-refractivity contribution in [2.75, 3.05) is 43.0 Å². The number of hydrogen-bond acceptors (Lipinski definition) is 5. The molecule has 2 aromatic rings. The molecule has 1 heterocycles. The molecule has 3 rings (SSSR count). The molecular formula is C18H22N2O4S. The number of sulfonamides is 1. The molecule has 0 spiro atoms. The van der Waals surface area contributed by atoms with Crippen LogP contribution in [0.15, 0.2) is 47.4 Å². The molecule has 25 heavy (non-hydrogen) atoms. The maximum Gasteiger partial charge on any atom is 0.262 e. The molecule has 2 aromatic carbocycles. The van der Waals surface area contributed by atoms with Crippen LogP contribution in [0, 0.1) is 6.92 Å². The van der Waals surface area contributed by atoms with Crippen molar-refractivity contribution in [3.05, 3.63) is 48.0 Å². The van der Waals surface area contributed by atoms with Crippen LogP contribution in [0.5, 0.6) is 5.75 Å². The van der Waals surface area contributed by atoms with Gasteiger partial charge in [-0.05, 0) is 36.8 Å². The normalized spacial score (nSPS) is 15.0. The summed E-state index contributed by atoms with van der Waals surface area (Å²) in [5.74, 6) is 0.481. The van der Waals surface area contributed by atoms with Gasteiger partial charge in [0.05, 0.1) is 30.9 Å². The van der Waals surface area contributed by atoms with Crippen molar-refractivity contribution in [3.8, 4) is 5.75 Å². The van der Waals surface area contributed by atoms with E-state index in [9.17, 15) is 8.42 Å². The lowest BCUT2D eigenvalue weighted by molar-refractivity contribution is 0.122. The first-order valence-corrected chi connectivity index (χ1v) is 9.59. The summed E-state index contributed by atoms with van der Waals surface area (Å²) in [7, 11) is -2.17. The van der Waals surface area contributed by atoms with E-state index in [1.165, 1.54) is 7.11 Å². The summed E-state index contributed by atoms with van der Waals surface area (Å²) in [6.07, 6.45) is 0. The second-order valence-electron chi connectivity index (χ2n) is 5.86. The fourth-order valence-corrected chi connectivity index (χ4v) is 4.16. The van der Waals surface area contributed by atoms with Crippen molar-refractivity contribution >= 4 is 21.4 Å². The Hall–Kier alpha value is -2.25. The highest BCUT2D eigenvalue weighted by Crippen LogP contribution is 2.32. The first kappa shape index (κ1) is 17.6. The van der Waals surface area contributed by atoms with Crippen molar-refractivity contribution in [3.63, 3.8) is 0 Å². The van der Waals surface area contributed by atoms with Crippen molar-refractivity contribution < 1.29 is 17.9 Å². The number of ether oxygens (including phenoxy) is 2. The Bertz CT molecular complexity index is 846. The molecule has 1 fully saturated rings. The van der Waals surface area contributed by atoms with Gasteiger partial charge in [0.2, 0.25) is 0 Å². The topological polar surface area (TPSA) is 67.9 Å². The summed E-state index contributed by atoms with van der Waals surface area (Å²) >= 11 is 0. The van der Waals surface area contributed by atoms with Gasteiger partial charge in [0.25, 0.3) is 10.0 Å². The zero-order valence-electron chi connectivity index (χ0n) is 14.4. The van der Waals surface area contributed by atoms with Crippen LogP contribution in [0.3, 0.4) is 0 Å². The molecule has 0 aliphatic carbocycles. The van der Waals surface area contributed by atoms with E-state index >= 15 is 0 Å². The Morgan fingerprint density at radius 3 is 2.52 bits per heavy atom. The van der Waals surface area contributed by atoms with E-state index in [-0.39, 0.29) is 4.90 Å². The van der Waals surface area contributed by atoms with E-state index in [4.69, 9.17) is 9.47 Å². The second kappa shape index (κ2) is 7.33. The zero-order valence-corrected chi connectivity index (χ0v) is 15.2. The number of rotatable bonds is 5. The molecule has 0 aromatic heterocycles. The molecule has 0 amide bonds. The fraction of sp³-hybridized carbons (Fsp3) is 0.333. The van der Waals surface area contributed by atoms with Crippen molar-refractivity contribution in [2.45, 2.75) is 11.8 Å². The second-order valence-corrected chi connectivity index (χ2v) is 7.51. The number of hydrogen-bond donors (Lipinski definition) is 1. The van der Waals surface area contributed by atoms with Gasteiger partial charge in [0.15, 0.2) is 0 Å². The molecule has 7 heteroatoms. The average Bonchev–Trinajstić information content (AvgIpc) is 2.62. The van der Waals surface area contributed by atoms with Gasteiger partial charge in [-0.15, -0.1) is 0 Å². The number of morpholine rings is 1. The third-order valence-corrected chi connectivity index (χ3v) is 5.71. The first-order chi connectivity index (χ1) is 12.0. The van der Waals surface area contributed by atoms with Gasteiger partial charge >= 0.3 is 0 Å². The summed E-state index contributed by atoms with van der Waals surface area (Å²) in [6, 6.07) is 12.4. The first-order valence-electron chi connectivity index (χ1n) is 8.10. The molecular weight excluding hydrogens is 340 g/mol. The molecule has 1 aliphatic heterocycles. The minimum Gasteiger partial charge on any atom is -0.495 e. The van der Waals surface area contributed by atoms with E-state index < -0.39 is 10.0 Å². The lowest BCUT2D eigenvalue weighted by atomic mass is 10.2. The molecule has 0 atom stereocenters. The smallest absolute Gasteiger partial charge is 0.262 e. The van der Waals surface area contributed by atoms with Gasteiger partial charge in [-0.3, -0.25) is 4.72 Å². The molecule has 1 aliphatic rings. The van der Waals surface area contributed by atoms with Crippen LogP contribution in [0.2, 0.25) is 0 Å². The van der Waals surface area contributed by atoms with Crippen LogP contribution in [0.1, 0.15) is 5.56 Å². The Morgan fingerprint density at radius 1 is 1.12 bits per heavy atom. The van der Waals surface area contributed by atoms with Gasteiger partial charge in [-0.1, -0.05) is 18.2 Å². The van der Waals surface area contributed by atoms with E-state index in [1.807, 2.05) is 12.1 Å². The zero-order chi connectivity index (χ0) is 17.9. The molecule has 1 N–H and O–H groups in total. The largest absolute Gasteiger partial charge is 0.495 e. The predicted octanol–water partition coefficient (Wildman–Crippen LogP) is 2.64. The van der Waals surface area contributed by atoms with Crippen LogP contribution >= 0.6 is 0 Å². The van der Waals surface area contributed by atoms with Gasteiger partial charge in [-0.2, -0.15) is 0 Å². The monoisotopic (exact) mass is 362 g/mol. The van der Waals surface area contributed by atoms with E-state index in [0.29, 0.717) is 30.2 Å². The van der Waals surface area contributed by atoms with Crippen LogP contribution < -0.4 is 14.4 Å². The van der Waals surface area contributed by atoms with Crippen LogP contribution in [0.4, 0.5) is 11.4 Å². The van der Waals surface area contributed by atoms with Crippen molar-refractivity contribution in [1.29, 1.82) is 0 Å². The van der Waals surface area contributed by atoms with Gasteiger partial charge in [0.1, 0.15) is 5.75 Å². The quantitative estimate of drug-likeness (QED) is 0.886. The summed E-state index contributed by atoms with van der Waals surface area (Å²) in [6.45, 7) is 4.65. The lowest BCUT2D eigenvalue weighted by Crippen LogP contribution is -2.36. The Labute approximate surface area is 148 Å². The maximum atomic E-state index is 12.8. The number of anilines is 2. The van der Waals surface area contributed by atoms with Crippen LogP contribution in [-0.2, 0) is 14.8 Å². The van der Waals surface area contributed by atoms with Crippen LogP contribution in [0.25, 0.3) is 0 Å². The van der Waals surface area contributed by atoms with Gasteiger partial charge in [-0.25, -0.2) is 8.42 Å². The lowest BCUT2D eigenvalue weighted by Gasteiger charge is -2.29. The summed E-state index contributed by atoms with van der Waals surface area (Å²) < 4.78 is 38.9. The molecule has 0 radical (unpaired) electrons. The number of nitrogens with zero attached hydrogens (tertiary/aromatic N) is 1. The molecule has 134 valence electrons. The highest BCUT2D eigenvalue weighted by atomic mass is 32.2. The number of nitrogens with one attached hydrogen (secondary N) is 1. The Kier molecular flexibility index (Phi) is 5.15. The molecule has 0 unspecified atom stereocenters. The van der Waals surface area contributed by atoms with Crippen molar-refractivity contribution in [2.24, 2.45) is 0 Å². The number of benzene rings is 2. The minimum absolute atomic E-state index is 0.258. The third-order valence-electron chi connectivity index (χ3n) is 4.19. The highest BCUT2D eigenvalue weighted by Gasteiger charge is 2.20. The summed E-state index contributed by atoms with van der Waals surface area (Å²) in [5.41, 5.74) is 2.06. The average molecular weight is 362 g/mol. The maximum absolute atomic E-state index is 12.8. The number of methoxy groups -OCH3 is 1. The van der Waals surface area contributed by atoms with Gasteiger partial charge < -0.3 is 14.4 Å².